The van der Waals surface area contributed by atoms with Crippen LogP contribution in [-0.4, -0.2) is 13.1 Å². The Bertz CT molecular complexity index is 436. The fourth-order valence-corrected chi connectivity index (χ4v) is 1.76. The number of hydrogen-bond acceptors (Lipinski definition) is 3. The number of rotatable bonds is 7. The molecule has 1 aromatic rings. The van der Waals surface area contributed by atoms with E-state index in [4.69, 9.17) is 9.47 Å². The number of carbonyl (C=O) groups is 1. The Balaban J connectivity index is 2.69. The summed E-state index contributed by atoms with van der Waals surface area (Å²) in [6.45, 7) is 4.06. The maximum absolute atomic E-state index is 11.7. The van der Waals surface area contributed by atoms with Gasteiger partial charge in [0, 0.05) is 6.42 Å². The molecule has 104 valence electrons. The molecule has 0 aromatic heterocycles. The predicted molar refractivity (Wildman–Crippen MR) is 77.5 cm³/mol. The van der Waals surface area contributed by atoms with Crippen LogP contribution in [0.15, 0.2) is 24.3 Å². The van der Waals surface area contributed by atoms with Gasteiger partial charge in [0.1, 0.15) is 0 Å². The van der Waals surface area contributed by atoms with E-state index in [9.17, 15) is 4.79 Å². The zero-order valence-corrected chi connectivity index (χ0v) is 11.9. The van der Waals surface area contributed by atoms with E-state index < -0.39 is 0 Å². The second-order valence-corrected chi connectivity index (χ2v) is 4.34. The minimum absolute atomic E-state index is 0.203. The van der Waals surface area contributed by atoms with Gasteiger partial charge in [0.05, 0.1) is 7.11 Å². The van der Waals surface area contributed by atoms with Gasteiger partial charge >= 0.3 is 5.97 Å². The summed E-state index contributed by atoms with van der Waals surface area (Å²) in [4.78, 5) is 11.7. The summed E-state index contributed by atoms with van der Waals surface area (Å²) < 4.78 is 10.6. The second-order valence-electron chi connectivity index (χ2n) is 4.34. The van der Waals surface area contributed by atoms with Crippen LogP contribution in [0.2, 0.25) is 0 Å². The lowest BCUT2D eigenvalue weighted by Gasteiger charge is -2.09. The van der Waals surface area contributed by atoms with Crippen molar-refractivity contribution in [3.8, 4) is 11.5 Å². The fourth-order valence-electron chi connectivity index (χ4n) is 1.76. The van der Waals surface area contributed by atoms with Gasteiger partial charge in [0.15, 0.2) is 11.5 Å². The van der Waals surface area contributed by atoms with Crippen molar-refractivity contribution in [1.29, 1.82) is 0 Å². The van der Waals surface area contributed by atoms with Crippen LogP contribution >= 0.6 is 0 Å². The smallest absolute Gasteiger partial charge is 0.311 e. The van der Waals surface area contributed by atoms with Gasteiger partial charge in [-0.2, -0.15) is 0 Å². The highest BCUT2D eigenvalue weighted by Crippen LogP contribution is 2.29. The zero-order valence-electron chi connectivity index (χ0n) is 11.9. The van der Waals surface area contributed by atoms with Gasteiger partial charge in [0.25, 0.3) is 0 Å². The molecule has 1 rings (SSSR count). The normalized spacial score (nSPS) is 10.7. The van der Waals surface area contributed by atoms with Crippen molar-refractivity contribution in [2.45, 2.75) is 39.5 Å². The van der Waals surface area contributed by atoms with E-state index in [0.29, 0.717) is 17.9 Å². The van der Waals surface area contributed by atoms with E-state index in [-0.39, 0.29) is 5.97 Å². The Morgan fingerprint density at radius 1 is 1.26 bits per heavy atom. The van der Waals surface area contributed by atoms with Crippen LogP contribution in [-0.2, 0) is 4.79 Å². The van der Waals surface area contributed by atoms with Gasteiger partial charge < -0.3 is 9.47 Å². The standard InChI is InChI=1S/C16H22O3/c1-4-6-7-9-16(17)19-14-11-10-13(8-5-2)12-15(14)18-3/h5,8,10-12H,4,6-7,9H2,1-3H3. The maximum atomic E-state index is 11.7. The molecule has 0 spiro atoms. The Hall–Kier alpha value is -1.77. The summed E-state index contributed by atoms with van der Waals surface area (Å²) in [5, 5.41) is 0. The van der Waals surface area contributed by atoms with E-state index in [1.165, 1.54) is 0 Å². The molecule has 0 aliphatic heterocycles. The molecule has 0 atom stereocenters. The van der Waals surface area contributed by atoms with Gasteiger partial charge in [-0.3, -0.25) is 4.79 Å². The van der Waals surface area contributed by atoms with Crippen LogP contribution in [0, 0.1) is 0 Å². The minimum Gasteiger partial charge on any atom is -0.493 e. The first kappa shape index (κ1) is 15.3. The molecular formula is C16H22O3. The molecule has 0 saturated heterocycles. The molecule has 0 heterocycles. The lowest BCUT2D eigenvalue weighted by Crippen LogP contribution is -2.08. The van der Waals surface area contributed by atoms with Crippen molar-refractivity contribution < 1.29 is 14.3 Å². The molecule has 3 heteroatoms. The molecular weight excluding hydrogens is 240 g/mol. The summed E-state index contributed by atoms with van der Waals surface area (Å²) in [5.41, 5.74) is 1.02. The van der Waals surface area contributed by atoms with E-state index in [0.717, 1.165) is 24.8 Å². The second kappa shape index (κ2) is 8.35. The molecule has 0 aliphatic rings. The number of methoxy groups -OCH3 is 1. The van der Waals surface area contributed by atoms with Crippen molar-refractivity contribution in [3.05, 3.63) is 29.8 Å². The highest BCUT2D eigenvalue weighted by Gasteiger charge is 2.10. The quantitative estimate of drug-likeness (QED) is 0.419. The number of ether oxygens (including phenoxy) is 2. The lowest BCUT2D eigenvalue weighted by molar-refractivity contribution is -0.134. The molecule has 3 nitrogen and oxygen atoms in total. The number of esters is 1. The highest BCUT2D eigenvalue weighted by atomic mass is 16.6. The van der Waals surface area contributed by atoms with Crippen molar-refractivity contribution in [1.82, 2.24) is 0 Å². The first-order chi connectivity index (χ1) is 9.21. The van der Waals surface area contributed by atoms with Crippen LogP contribution < -0.4 is 9.47 Å². The first-order valence-electron chi connectivity index (χ1n) is 6.72. The van der Waals surface area contributed by atoms with Crippen molar-refractivity contribution >= 4 is 12.0 Å². The molecule has 1 aromatic carbocycles. The number of allylic oxidation sites excluding steroid dienone is 1. The Kier molecular flexibility index (Phi) is 6.72. The number of carbonyl (C=O) groups excluding carboxylic acids is 1. The van der Waals surface area contributed by atoms with Crippen LogP contribution in [0.4, 0.5) is 0 Å². The number of benzene rings is 1. The summed E-state index contributed by atoms with van der Waals surface area (Å²) in [6, 6.07) is 5.53. The molecule has 19 heavy (non-hydrogen) atoms. The van der Waals surface area contributed by atoms with E-state index in [1.54, 1.807) is 13.2 Å². The Morgan fingerprint density at radius 2 is 2.05 bits per heavy atom. The molecule has 0 saturated carbocycles. The van der Waals surface area contributed by atoms with Gasteiger partial charge in [0.2, 0.25) is 0 Å². The van der Waals surface area contributed by atoms with Crippen LogP contribution in [0.25, 0.3) is 6.08 Å². The monoisotopic (exact) mass is 262 g/mol. The molecule has 0 aliphatic carbocycles. The minimum atomic E-state index is -0.203. The van der Waals surface area contributed by atoms with Crippen LogP contribution in [0.3, 0.4) is 0 Å². The Morgan fingerprint density at radius 3 is 2.68 bits per heavy atom. The topological polar surface area (TPSA) is 35.5 Å². The summed E-state index contributed by atoms with van der Waals surface area (Å²) in [5.74, 6) is 0.863. The average molecular weight is 262 g/mol. The van der Waals surface area contributed by atoms with Crippen molar-refractivity contribution in [2.24, 2.45) is 0 Å². The fraction of sp³-hybridized carbons (Fsp3) is 0.438. The molecule has 0 N–H and O–H groups in total. The SMILES string of the molecule is CC=Cc1ccc(OC(=O)CCCCC)c(OC)c1. The van der Waals surface area contributed by atoms with Gasteiger partial charge in [-0.15, -0.1) is 0 Å². The average Bonchev–Trinajstić information content (AvgIpc) is 2.41. The molecule has 0 radical (unpaired) electrons. The zero-order chi connectivity index (χ0) is 14.1. The van der Waals surface area contributed by atoms with E-state index >= 15 is 0 Å². The van der Waals surface area contributed by atoms with Crippen molar-refractivity contribution in [3.63, 3.8) is 0 Å². The summed E-state index contributed by atoms with van der Waals surface area (Å²) >= 11 is 0. The highest BCUT2D eigenvalue weighted by molar-refractivity contribution is 5.73. The maximum Gasteiger partial charge on any atom is 0.311 e. The summed E-state index contributed by atoms with van der Waals surface area (Å²) in [6.07, 6.45) is 7.38. The largest absolute Gasteiger partial charge is 0.493 e. The van der Waals surface area contributed by atoms with Gasteiger partial charge in [-0.25, -0.2) is 0 Å². The number of unbranched alkanes of at least 4 members (excludes halogenated alkanes) is 2. The van der Waals surface area contributed by atoms with Crippen molar-refractivity contribution in [2.75, 3.05) is 7.11 Å². The number of hydrogen-bond donors (Lipinski definition) is 0. The predicted octanol–water partition coefficient (Wildman–Crippen LogP) is 4.21. The van der Waals surface area contributed by atoms with Crippen LogP contribution in [0.1, 0.15) is 45.1 Å². The molecule has 0 unspecified atom stereocenters. The third-order valence-electron chi connectivity index (χ3n) is 2.76. The lowest BCUT2D eigenvalue weighted by atomic mass is 10.2. The molecule has 0 bridgehead atoms. The third kappa shape index (κ3) is 5.16. The Labute approximate surface area is 115 Å². The van der Waals surface area contributed by atoms with E-state index in [1.807, 2.05) is 31.2 Å². The molecule has 0 fully saturated rings. The summed E-state index contributed by atoms with van der Waals surface area (Å²) in [7, 11) is 1.57. The van der Waals surface area contributed by atoms with Crippen LogP contribution in [0.5, 0.6) is 11.5 Å². The van der Waals surface area contributed by atoms with Gasteiger partial charge in [-0.05, 0) is 31.0 Å². The van der Waals surface area contributed by atoms with E-state index in [2.05, 4.69) is 6.92 Å². The molecule has 0 amide bonds. The third-order valence-corrected chi connectivity index (χ3v) is 2.76. The first-order valence-corrected chi connectivity index (χ1v) is 6.72. The van der Waals surface area contributed by atoms with Gasteiger partial charge in [-0.1, -0.05) is 38.0 Å².